The van der Waals surface area contributed by atoms with Crippen molar-refractivity contribution in [3.63, 3.8) is 0 Å². The van der Waals surface area contributed by atoms with Gasteiger partial charge < -0.3 is 10.1 Å². The van der Waals surface area contributed by atoms with Gasteiger partial charge in [-0.05, 0) is 66.2 Å². The maximum Gasteiger partial charge on any atom is 0.251 e. The summed E-state index contributed by atoms with van der Waals surface area (Å²) in [6.45, 7) is 0.284. The second kappa shape index (κ2) is 8.20. The zero-order valence-electron chi connectivity index (χ0n) is 14.6. The predicted molar refractivity (Wildman–Crippen MR) is 102 cm³/mol. The van der Waals surface area contributed by atoms with Gasteiger partial charge in [0.1, 0.15) is 17.3 Å². The lowest BCUT2D eigenvalue weighted by atomic mass is 10.2. The van der Waals surface area contributed by atoms with Crippen molar-refractivity contribution in [3.8, 4) is 11.5 Å². The third-order valence-electron chi connectivity index (χ3n) is 3.87. The van der Waals surface area contributed by atoms with Crippen LogP contribution in [0.4, 0.5) is 4.39 Å². The van der Waals surface area contributed by atoms with E-state index in [1.165, 1.54) is 48.5 Å². The maximum absolute atomic E-state index is 12.9. The van der Waals surface area contributed by atoms with Crippen LogP contribution in [0.1, 0.15) is 15.9 Å². The molecule has 0 atom stereocenters. The zero-order valence-corrected chi connectivity index (χ0v) is 15.4. The lowest BCUT2D eigenvalue weighted by molar-refractivity contribution is 0.0951. The van der Waals surface area contributed by atoms with Crippen molar-refractivity contribution < 1.29 is 22.3 Å². The Balaban J connectivity index is 1.57. The molecule has 0 aliphatic rings. The van der Waals surface area contributed by atoms with Gasteiger partial charge in [-0.25, -0.2) is 17.9 Å². The van der Waals surface area contributed by atoms with E-state index in [4.69, 9.17) is 9.88 Å². The molecule has 28 heavy (non-hydrogen) atoms. The van der Waals surface area contributed by atoms with Crippen LogP contribution >= 0.6 is 0 Å². The molecule has 0 spiro atoms. The molecule has 3 aromatic carbocycles. The Morgan fingerprint density at radius 1 is 0.893 bits per heavy atom. The molecule has 0 heterocycles. The lowest BCUT2D eigenvalue weighted by Crippen LogP contribution is -2.23. The van der Waals surface area contributed by atoms with Crippen LogP contribution in [0, 0.1) is 5.82 Å². The minimum atomic E-state index is -3.79. The number of hydrogen-bond acceptors (Lipinski definition) is 4. The van der Waals surface area contributed by atoms with Crippen molar-refractivity contribution in [1.29, 1.82) is 0 Å². The van der Waals surface area contributed by atoms with E-state index in [1.807, 2.05) is 0 Å². The number of ether oxygens (including phenoxy) is 1. The normalized spacial score (nSPS) is 11.1. The largest absolute Gasteiger partial charge is 0.457 e. The highest BCUT2D eigenvalue weighted by atomic mass is 32.2. The maximum atomic E-state index is 12.9. The average Bonchev–Trinajstić information content (AvgIpc) is 2.68. The van der Waals surface area contributed by atoms with Gasteiger partial charge in [0.05, 0.1) is 4.90 Å². The van der Waals surface area contributed by atoms with E-state index < -0.39 is 10.0 Å². The number of nitrogens with one attached hydrogen (secondary N) is 1. The number of benzene rings is 3. The number of sulfonamides is 1. The highest BCUT2D eigenvalue weighted by molar-refractivity contribution is 7.89. The van der Waals surface area contributed by atoms with Crippen molar-refractivity contribution in [2.24, 2.45) is 5.14 Å². The average molecular weight is 400 g/mol. The molecule has 0 fully saturated rings. The summed E-state index contributed by atoms with van der Waals surface area (Å²) in [6, 6.07) is 18.1. The topological polar surface area (TPSA) is 98.5 Å². The molecule has 3 rings (SSSR count). The fourth-order valence-corrected chi connectivity index (χ4v) is 2.91. The Morgan fingerprint density at radius 3 is 1.96 bits per heavy atom. The highest BCUT2D eigenvalue weighted by Crippen LogP contribution is 2.21. The first-order valence-electron chi connectivity index (χ1n) is 8.25. The Kier molecular flexibility index (Phi) is 5.72. The summed E-state index contributed by atoms with van der Waals surface area (Å²) in [5.41, 5.74) is 1.17. The number of primary sulfonamides is 1. The first-order valence-corrected chi connectivity index (χ1v) is 9.79. The first-order chi connectivity index (χ1) is 13.3. The summed E-state index contributed by atoms with van der Waals surface area (Å²) in [4.78, 5) is 12.1. The van der Waals surface area contributed by atoms with Crippen LogP contribution < -0.4 is 15.2 Å². The van der Waals surface area contributed by atoms with Crippen LogP contribution in [-0.4, -0.2) is 14.3 Å². The summed E-state index contributed by atoms with van der Waals surface area (Å²) >= 11 is 0. The minimum Gasteiger partial charge on any atom is -0.457 e. The fraction of sp³-hybridized carbons (Fsp3) is 0.0500. The van der Waals surface area contributed by atoms with Gasteiger partial charge in [-0.15, -0.1) is 0 Å². The molecule has 0 aliphatic heterocycles. The molecule has 0 aromatic heterocycles. The third kappa shape index (κ3) is 5.15. The number of carbonyl (C=O) groups is 1. The highest BCUT2D eigenvalue weighted by Gasteiger charge is 2.10. The van der Waals surface area contributed by atoms with E-state index in [2.05, 4.69) is 5.32 Å². The van der Waals surface area contributed by atoms with Crippen LogP contribution in [0.2, 0.25) is 0 Å². The SMILES string of the molecule is NS(=O)(=O)c1ccc(C(=O)NCc2ccc(Oc3ccc(F)cc3)cc2)cc1. The van der Waals surface area contributed by atoms with Crippen molar-refractivity contribution in [3.05, 3.63) is 89.7 Å². The van der Waals surface area contributed by atoms with Crippen LogP contribution in [0.25, 0.3) is 0 Å². The quantitative estimate of drug-likeness (QED) is 0.664. The van der Waals surface area contributed by atoms with E-state index in [9.17, 15) is 17.6 Å². The van der Waals surface area contributed by atoms with E-state index >= 15 is 0 Å². The van der Waals surface area contributed by atoms with Crippen LogP contribution in [0.5, 0.6) is 11.5 Å². The van der Waals surface area contributed by atoms with E-state index in [0.29, 0.717) is 17.1 Å². The smallest absolute Gasteiger partial charge is 0.251 e. The molecular weight excluding hydrogens is 383 g/mol. The van der Waals surface area contributed by atoms with E-state index in [1.54, 1.807) is 24.3 Å². The van der Waals surface area contributed by atoms with E-state index in [-0.39, 0.29) is 23.2 Å². The molecule has 0 saturated carbocycles. The van der Waals surface area contributed by atoms with Gasteiger partial charge in [-0.1, -0.05) is 12.1 Å². The van der Waals surface area contributed by atoms with Crippen LogP contribution in [-0.2, 0) is 16.6 Å². The van der Waals surface area contributed by atoms with Crippen LogP contribution in [0.3, 0.4) is 0 Å². The summed E-state index contributed by atoms with van der Waals surface area (Å²) in [5, 5.41) is 7.78. The number of carbonyl (C=O) groups excluding carboxylic acids is 1. The monoisotopic (exact) mass is 400 g/mol. The summed E-state index contributed by atoms with van der Waals surface area (Å²) < 4.78 is 41.0. The van der Waals surface area contributed by atoms with Gasteiger partial charge in [-0.2, -0.15) is 0 Å². The number of hydrogen-bond donors (Lipinski definition) is 2. The minimum absolute atomic E-state index is 0.0548. The fourth-order valence-electron chi connectivity index (χ4n) is 2.39. The van der Waals surface area contributed by atoms with Gasteiger partial charge >= 0.3 is 0 Å². The molecular formula is C20H17FN2O4S. The standard InChI is InChI=1S/C20H17FN2O4S/c21-16-5-9-18(10-6-16)27-17-7-1-14(2-8-17)13-23-20(24)15-3-11-19(12-4-15)28(22,25)26/h1-12H,13H2,(H,23,24)(H2,22,25,26). The lowest BCUT2D eigenvalue weighted by Gasteiger charge is -2.08. The van der Waals surface area contributed by atoms with Crippen molar-refractivity contribution >= 4 is 15.9 Å². The van der Waals surface area contributed by atoms with Gasteiger partial charge in [0, 0.05) is 12.1 Å². The molecule has 0 aliphatic carbocycles. The van der Waals surface area contributed by atoms with Gasteiger partial charge in [0.2, 0.25) is 10.0 Å². The predicted octanol–water partition coefficient (Wildman–Crippen LogP) is 3.20. The second-order valence-corrected chi connectivity index (χ2v) is 7.51. The Labute approximate surface area is 161 Å². The molecule has 8 heteroatoms. The van der Waals surface area contributed by atoms with Crippen LogP contribution in [0.15, 0.2) is 77.7 Å². The zero-order chi connectivity index (χ0) is 20.1. The third-order valence-corrected chi connectivity index (χ3v) is 4.80. The molecule has 0 saturated heterocycles. The summed E-state index contributed by atoms with van der Waals surface area (Å²) in [5.74, 6) is 0.427. The Bertz CT molecular complexity index is 1060. The van der Waals surface area contributed by atoms with Crippen molar-refractivity contribution in [2.75, 3.05) is 0 Å². The summed E-state index contributed by atoms with van der Waals surface area (Å²) in [6.07, 6.45) is 0. The number of nitrogens with two attached hydrogens (primary N) is 1. The van der Waals surface area contributed by atoms with Crippen molar-refractivity contribution in [2.45, 2.75) is 11.4 Å². The number of halogens is 1. The molecule has 144 valence electrons. The number of amides is 1. The molecule has 6 nitrogen and oxygen atoms in total. The van der Waals surface area contributed by atoms with Crippen molar-refractivity contribution in [1.82, 2.24) is 5.32 Å². The Morgan fingerprint density at radius 2 is 1.43 bits per heavy atom. The van der Waals surface area contributed by atoms with Gasteiger partial charge in [0.15, 0.2) is 0 Å². The van der Waals surface area contributed by atoms with E-state index in [0.717, 1.165) is 5.56 Å². The Hall–Kier alpha value is -3.23. The van der Waals surface area contributed by atoms with Gasteiger partial charge in [0.25, 0.3) is 5.91 Å². The molecule has 0 radical (unpaired) electrons. The molecule has 0 bridgehead atoms. The van der Waals surface area contributed by atoms with Gasteiger partial charge in [-0.3, -0.25) is 4.79 Å². The second-order valence-electron chi connectivity index (χ2n) is 5.95. The molecule has 3 aromatic rings. The molecule has 3 N–H and O–H groups in total. The molecule has 1 amide bonds. The number of rotatable bonds is 6. The summed E-state index contributed by atoms with van der Waals surface area (Å²) in [7, 11) is -3.79. The molecule has 0 unspecified atom stereocenters. The first kappa shape index (κ1) is 19.5.